The highest BCUT2D eigenvalue weighted by Crippen LogP contribution is 2.34. The minimum absolute atomic E-state index is 0.190. The number of hydrogen-bond donors (Lipinski definition) is 1. The molecule has 182 valence electrons. The van der Waals surface area contributed by atoms with Crippen molar-refractivity contribution < 1.29 is 22.9 Å². The molecule has 2 aromatic rings. The third-order valence-corrected chi connectivity index (χ3v) is 8.10. The van der Waals surface area contributed by atoms with Gasteiger partial charge in [0, 0.05) is 50.6 Å². The molecule has 1 amide bonds. The van der Waals surface area contributed by atoms with Crippen molar-refractivity contribution in [3.05, 3.63) is 57.6 Å². The Labute approximate surface area is 198 Å². The molecule has 0 radical (unpaired) electrons. The van der Waals surface area contributed by atoms with Crippen LogP contribution in [0.25, 0.3) is 0 Å². The van der Waals surface area contributed by atoms with Crippen LogP contribution < -0.4 is 10.2 Å². The van der Waals surface area contributed by atoms with E-state index in [1.807, 2.05) is 0 Å². The number of carbonyl (C=O) groups excluding carboxylic acids is 1. The summed E-state index contributed by atoms with van der Waals surface area (Å²) in [5.74, 6) is -0.364. The van der Waals surface area contributed by atoms with Crippen molar-refractivity contribution in [1.29, 1.82) is 0 Å². The molecule has 4 rings (SSSR count). The summed E-state index contributed by atoms with van der Waals surface area (Å²) in [4.78, 5) is 26.0. The zero-order chi connectivity index (χ0) is 24.3. The number of amides is 1. The van der Waals surface area contributed by atoms with Gasteiger partial charge in [-0.3, -0.25) is 14.9 Å². The Balaban J connectivity index is 1.56. The lowest BCUT2D eigenvalue weighted by Gasteiger charge is -2.26. The Bertz CT molecular complexity index is 1190. The van der Waals surface area contributed by atoms with E-state index in [9.17, 15) is 23.3 Å². The number of nitrogens with one attached hydrogen (secondary N) is 1. The van der Waals surface area contributed by atoms with Crippen LogP contribution in [0.2, 0.25) is 0 Å². The molecule has 0 aliphatic carbocycles. The number of ether oxygens (including phenoxy) is 1. The normalized spacial score (nSPS) is 16.3. The Kier molecular flexibility index (Phi) is 7.15. The number of fused-ring (bicyclic) bond motifs is 1. The molecule has 0 spiro atoms. The van der Waals surface area contributed by atoms with Crippen LogP contribution in [-0.4, -0.2) is 63.4 Å². The molecule has 34 heavy (non-hydrogen) atoms. The number of anilines is 2. The summed E-state index contributed by atoms with van der Waals surface area (Å²) >= 11 is 0. The van der Waals surface area contributed by atoms with Crippen molar-refractivity contribution in [2.45, 2.75) is 30.6 Å². The van der Waals surface area contributed by atoms with E-state index in [0.717, 1.165) is 24.8 Å². The highest BCUT2D eigenvalue weighted by atomic mass is 32.2. The van der Waals surface area contributed by atoms with E-state index in [-0.39, 0.29) is 22.1 Å². The quantitative estimate of drug-likeness (QED) is 0.344. The summed E-state index contributed by atoms with van der Waals surface area (Å²) in [6.07, 6.45) is 3.28. The number of hydrogen-bond acceptors (Lipinski definition) is 7. The zero-order valence-corrected chi connectivity index (χ0v) is 19.8. The number of nitro benzene ring substituents is 1. The number of piperidine rings is 1. The maximum atomic E-state index is 13.2. The molecule has 2 aromatic carbocycles. The number of methoxy groups -OCH3 is 1. The maximum Gasteiger partial charge on any atom is 0.293 e. The SMILES string of the molecule is COCCNc1ccc(C(=O)N2CCc3cc(S(=O)(=O)N4CCCCC4)ccc32)cc1[N+](=O)[O-]. The van der Waals surface area contributed by atoms with Crippen molar-refractivity contribution in [2.24, 2.45) is 0 Å². The van der Waals surface area contributed by atoms with Gasteiger partial charge in [-0.05, 0) is 55.2 Å². The van der Waals surface area contributed by atoms with Crippen molar-refractivity contribution in [2.75, 3.05) is 50.1 Å². The number of carbonyl (C=O) groups is 1. The number of sulfonamides is 1. The van der Waals surface area contributed by atoms with E-state index in [4.69, 9.17) is 4.74 Å². The molecule has 0 bridgehead atoms. The third-order valence-electron chi connectivity index (χ3n) is 6.21. The molecule has 2 aliphatic heterocycles. The standard InChI is InChI=1S/C23H28N4O6S/c1-33-14-10-24-20-7-5-18(16-22(20)27(29)30)23(28)26-13-9-17-15-19(6-8-21(17)26)34(31,32)25-11-3-2-4-12-25/h5-8,15-16,24H,2-4,9-14H2,1H3. The van der Waals surface area contributed by atoms with Crippen LogP contribution >= 0.6 is 0 Å². The molecule has 0 unspecified atom stereocenters. The first-order valence-electron chi connectivity index (χ1n) is 11.3. The van der Waals surface area contributed by atoms with E-state index in [0.29, 0.717) is 50.6 Å². The third kappa shape index (κ3) is 4.77. The van der Waals surface area contributed by atoms with Gasteiger partial charge in [0.05, 0.1) is 16.4 Å². The first-order chi connectivity index (χ1) is 16.3. The first-order valence-corrected chi connectivity index (χ1v) is 12.7. The molecule has 1 fully saturated rings. The largest absolute Gasteiger partial charge is 0.383 e. The maximum absolute atomic E-state index is 13.2. The number of nitrogens with zero attached hydrogens (tertiary/aromatic N) is 3. The number of benzene rings is 2. The Morgan fingerprint density at radius 2 is 1.88 bits per heavy atom. The van der Waals surface area contributed by atoms with Gasteiger partial charge in [0.2, 0.25) is 10.0 Å². The van der Waals surface area contributed by atoms with E-state index in [2.05, 4.69) is 5.32 Å². The minimum atomic E-state index is -3.56. The van der Waals surface area contributed by atoms with Crippen LogP contribution in [0, 0.1) is 10.1 Å². The van der Waals surface area contributed by atoms with Gasteiger partial charge in [-0.2, -0.15) is 4.31 Å². The molecule has 1 N–H and O–H groups in total. The van der Waals surface area contributed by atoms with Crippen molar-refractivity contribution in [3.8, 4) is 0 Å². The second-order valence-electron chi connectivity index (χ2n) is 8.37. The van der Waals surface area contributed by atoms with Gasteiger partial charge in [0.15, 0.2) is 0 Å². The van der Waals surface area contributed by atoms with Crippen LogP contribution in [0.15, 0.2) is 41.3 Å². The highest BCUT2D eigenvalue weighted by Gasteiger charge is 2.31. The zero-order valence-electron chi connectivity index (χ0n) is 19.0. The molecular formula is C23H28N4O6S. The van der Waals surface area contributed by atoms with Crippen LogP contribution in [0.4, 0.5) is 17.1 Å². The monoisotopic (exact) mass is 488 g/mol. The summed E-state index contributed by atoms with van der Waals surface area (Å²) in [5.41, 5.74) is 1.73. The average molecular weight is 489 g/mol. The average Bonchev–Trinajstić information content (AvgIpc) is 3.27. The summed E-state index contributed by atoms with van der Waals surface area (Å²) < 4.78 is 32.5. The van der Waals surface area contributed by atoms with Gasteiger partial charge in [0.25, 0.3) is 11.6 Å². The van der Waals surface area contributed by atoms with Crippen molar-refractivity contribution in [3.63, 3.8) is 0 Å². The number of rotatable bonds is 8. The fraction of sp³-hybridized carbons (Fsp3) is 0.435. The summed E-state index contributed by atoms with van der Waals surface area (Å²) in [5, 5.41) is 14.5. The van der Waals surface area contributed by atoms with Gasteiger partial charge in [-0.15, -0.1) is 0 Å². The molecule has 0 saturated carbocycles. The highest BCUT2D eigenvalue weighted by molar-refractivity contribution is 7.89. The van der Waals surface area contributed by atoms with Crippen LogP contribution in [-0.2, 0) is 21.2 Å². The Morgan fingerprint density at radius 1 is 1.12 bits per heavy atom. The second-order valence-corrected chi connectivity index (χ2v) is 10.3. The van der Waals surface area contributed by atoms with E-state index in [1.165, 1.54) is 23.5 Å². The molecule has 10 nitrogen and oxygen atoms in total. The Morgan fingerprint density at radius 3 is 2.59 bits per heavy atom. The van der Waals surface area contributed by atoms with Gasteiger partial charge >= 0.3 is 0 Å². The second kappa shape index (κ2) is 10.1. The van der Waals surface area contributed by atoms with Crippen LogP contribution in [0.5, 0.6) is 0 Å². The van der Waals surface area contributed by atoms with Crippen molar-refractivity contribution >= 4 is 33.0 Å². The van der Waals surface area contributed by atoms with Crippen LogP contribution in [0.1, 0.15) is 35.2 Å². The number of nitro groups is 1. The molecule has 11 heteroatoms. The smallest absolute Gasteiger partial charge is 0.293 e. The van der Waals surface area contributed by atoms with Gasteiger partial charge < -0.3 is 15.0 Å². The summed E-state index contributed by atoms with van der Waals surface area (Å²) in [7, 11) is -2.02. The van der Waals surface area contributed by atoms with E-state index >= 15 is 0 Å². The topological polar surface area (TPSA) is 122 Å². The minimum Gasteiger partial charge on any atom is -0.383 e. The van der Waals surface area contributed by atoms with E-state index < -0.39 is 14.9 Å². The van der Waals surface area contributed by atoms with Crippen molar-refractivity contribution in [1.82, 2.24) is 4.31 Å². The first kappa shape index (κ1) is 24.1. The van der Waals surface area contributed by atoms with Gasteiger partial charge in [0.1, 0.15) is 5.69 Å². The molecule has 0 aromatic heterocycles. The van der Waals surface area contributed by atoms with Crippen LogP contribution in [0.3, 0.4) is 0 Å². The lowest BCUT2D eigenvalue weighted by molar-refractivity contribution is -0.384. The Hall–Kier alpha value is -3.02. The predicted molar refractivity (Wildman–Crippen MR) is 128 cm³/mol. The molecular weight excluding hydrogens is 460 g/mol. The van der Waals surface area contributed by atoms with Gasteiger partial charge in [-0.1, -0.05) is 6.42 Å². The van der Waals surface area contributed by atoms with E-state index in [1.54, 1.807) is 29.2 Å². The fourth-order valence-corrected chi connectivity index (χ4v) is 5.98. The predicted octanol–water partition coefficient (Wildman–Crippen LogP) is 3.03. The summed E-state index contributed by atoms with van der Waals surface area (Å²) in [6.45, 7) is 2.21. The fourth-order valence-electron chi connectivity index (χ4n) is 4.41. The molecule has 2 aliphatic rings. The lowest BCUT2D eigenvalue weighted by atomic mass is 10.1. The summed E-state index contributed by atoms with van der Waals surface area (Å²) in [6, 6.07) is 9.19. The van der Waals surface area contributed by atoms with Gasteiger partial charge in [-0.25, -0.2) is 8.42 Å². The molecule has 2 heterocycles. The molecule has 0 atom stereocenters. The molecule has 1 saturated heterocycles. The lowest BCUT2D eigenvalue weighted by Crippen LogP contribution is -2.35.